The van der Waals surface area contributed by atoms with Gasteiger partial charge >= 0.3 is 0 Å². The van der Waals surface area contributed by atoms with Crippen LogP contribution in [0.25, 0.3) is 10.9 Å². The smallest absolute Gasteiger partial charge is 0.272 e. The second-order valence-electron chi connectivity index (χ2n) is 4.28. The highest BCUT2D eigenvalue weighted by Gasteiger charge is 2.09. The van der Waals surface area contributed by atoms with Crippen LogP contribution in [0.3, 0.4) is 0 Å². The van der Waals surface area contributed by atoms with E-state index in [9.17, 15) is 4.79 Å². The van der Waals surface area contributed by atoms with E-state index in [1.54, 1.807) is 0 Å². The van der Waals surface area contributed by atoms with Crippen molar-refractivity contribution in [3.63, 3.8) is 0 Å². The summed E-state index contributed by atoms with van der Waals surface area (Å²) in [4.78, 5) is 15.2. The van der Waals surface area contributed by atoms with Crippen molar-refractivity contribution in [1.29, 1.82) is 0 Å². The highest BCUT2D eigenvalue weighted by molar-refractivity contribution is 5.98. The summed E-state index contributed by atoms with van der Waals surface area (Å²) in [5.74, 6) is -0.120. The number of carbonyl (C=O) groups is 1. The second-order valence-corrected chi connectivity index (χ2v) is 4.28. The van der Waals surface area contributed by atoms with E-state index in [0.29, 0.717) is 5.69 Å². The number of aromatic nitrogens is 1. The number of amides is 1. The molecular weight excluding hydrogens is 236 g/mol. The fraction of sp³-hybridized carbons (Fsp3) is 0.188. The Morgan fingerprint density at radius 2 is 2.16 bits per heavy atom. The molecule has 0 fully saturated rings. The summed E-state index contributed by atoms with van der Waals surface area (Å²) in [6.45, 7) is 3.96. The number of hydrogen-bond donors (Lipinski definition) is 2. The van der Waals surface area contributed by atoms with Gasteiger partial charge in [0.15, 0.2) is 0 Å². The lowest BCUT2D eigenvalue weighted by Gasteiger charge is -2.03. The van der Waals surface area contributed by atoms with Crippen molar-refractivity contribution in [2.75, 3.05) is 0 Å². The first kappa shape index (κ1) is 13.1. The molecule has 2 aromatic rings. The van der Waals surface area contributed by atoms with Crippen molar-refractivity contribution in [1.82, 2.24) is 10.3 Å². The fourth-order valence-electron chi connectivity index (χ4n) is 1.85. The van der Waals surface area contributed by atoms with Crippen LogP contribution < -0.4 is 5.32 Å². The molecule has 0 atom stereocenters. The molecular formula is C16H18N2O. The van der Waals surface area contributed by atoms with E-state index in [1.165, 1.54) is 0 Å². The number of benzene rings is 1. The summed E-state index contributed by atoms with van der Waals surface area (Å²) >= 11 is 0. The maximum absolute atomic E-state index is 12.1. The van der Waals surface area contributed by atoms with Gasteiger partial charge in [-0.3, -0.25) is 4.79 Å². The van der Waals surface area contributed by atoms with Crippen molar-refractivity contribution >= 4 is 16.8 Å². The van der Waals surface area contributed by atoms with Gasteiger partial charge in [-0.25, -0.2) is 0 Å². The van der Waals surface area contributed by atoms with Crippen molar-refractivity contribution in [2.24, 2.45) is 0 Å². The van der Waals surface area contributed by atoms with Crippen LogP contribution in [0.1, 0.15) is 30.8 Å². The summed E-state index contributed by atoms with van der Waals surface area (Å²) < 4.78 is 0. The summed E-state index contributed by atoms with van der Waals surface area (Å²) in [6, 6.07) is 9.71. The second kappa shape index (κ2) is 6.05. The van der Waals surface area contributed by atoms with Gasteiger partial charge in [-0.05, 0) is 31.6 Å². The molecule has 0 radical (unpaired) electrons. The minimum Gasteiger partial charge on any atom is -0.351 e. The Labute approximate surface area is 113 Å². The molecule has 1 heterocycles. The van der Waals surface area contributed by atoms with Gasteiger partial charge in [0.05, 0.1) is 0 Å². The quantitative estimate of drug-likeness (QED) is 0.801. The minimum atomic E-state index is -0.120. The van der Waals surface area contributed by atoms with Gasteiger partial charge in [0.2, 0.25) is 0 Å². The van der Waals surface area contributed by atoms with Crippen LogP contribution >= 0.6 is 0 Å². The largest absolute Gasteiger partial charge is 0.351 e. The van der Waals surface area contributed by atoms with Crippen LogP contribution in [-0.2, 0) is 0 Å². The number of allylic oxidation sites excluding steroid dienone is 3. The molecule has 1 aromatic carbocycles. The molecule has 2 rings (SSSR count). The van der Waals surface area contributed by atoms with E-state index in [2.05, 4.69) is 17.2 Å². The Morgan fingerprint density at radius 1 is 1.37 bits per heavy atom. The zero-order valence-corrected chi connectivity index (χ0v) is 11.2. The molecule has 2 N–H and O–H groups in total. The molecule has 98 valence electrons. The Kier molecular flexibility index (Phi) is 4.18. The molecule has 3 heteroatoms. The van der Waals surface area contributed by atoms with E-state index >= 15 is 0 Å². The fourth-order valence-corrected chi connectivity index (χ4v) is 1.85. The zero-order valence-electron chi connectivity index (χ0n) is 11.2. The van der Waals surface area contributed by atoms with Gasteiger partial charge in [0.1, 0.15) is 5.69 Å². The molecule has 0 aliphatic heterocycles. The molecule has 1 aromatic heterocycles. The summed E-state index contributed by atoms with van der Waals surface area (Å²) in [5, 5.41) is 3.92. The first-order chi connectivity index (χ1) is 9.24. The van der Waals surface area contributed by atoms with Crippen molar-refractivity contribution in [3.8, 4) is 0 Å². The number of fused-ring (bicyclic) bond motifs is 1. The monoisotopic (exact) mass is 254 g/mol. The Hall–Kier alpha value is -2.29. The lowest BCUT2D eigenvalue weighted by Crippen LogP contribution is -2.22. The normalized spacial score (nSPS) is 12.2. The van der Waals surface area contributed by atoms with Crippen molar-refractivity contribution < 1.29 is 4.79 Å². The van der Waals surface area contributed by atoms with Crippen LogP contribution in [0.2, 0.25) is 0 Å². The standard InChI is InChI=1S/C16H18N2O/c1-3-5-9-13(4-2)17-16(19)15-11-12-8-6-7-10-14(12)18-15/h4-11,18H,3H2,1-2H3,(H,17,19). The first-order valence-electron chi connectivity index (χ1n) is 6.46. The third-order valence-corrected chi connectivity index (χ3v) is 2.88. The third-order valence-electron chi connectivity index (χ3n) is 2.88. The number of aromatic amines is 1. The number of carbonyl (C=O) groups excluding carboxylic acids is 1. The van der Waals surface area contributed by atoms with Gasteiger partial charge in [-0.1, -0.05) is 37.3 Å². The summed E-state index contributed by atoms with van der Waals surface area (Å²) in [6.07, 6.45) is 6.76. The van der Waals surface area contributed by atoms with Gasteiger partial charge in [0.25, 0.3) is 5.91 Å². The van der Waals surface area contributed by atoms with Crippen molar-refractivity contribution in [2.45, 2.75) is 20.3 Å². The SMILES string of the molecule is CC=C(C=CCC)NC(=O)c1cc2ccccc2[nH]1. The molecule has 0 saturated carbocycles. The molecule has 0 bridgehead atoms. The number of rotatable bonds is 4. The van der Waals surface area contributed by atoms with Gasteiger partial charge in [-0.15, -0.1) is 0 Å². The molecule has 0 unspecified atom stereocenters. The molecule has 1 amide bonds. The highest BCUT2D eigenvalue weighted by Crippen LogP contribution is 2.14. The van der Waals surface area contributed by atoms with Crippen LogP contribution in [0, 0.1) is 0 Å². The molecule has 19 heavy (non-hydrogen) atoms. The highest BCUT2D eigenvalue weighted by atomic mass is 16.1. The molecule has 0 saturated heterocycles. The maximum Gasteiger partial charge on any atom is 0.272 e. The maximum atomic E-state index is 12.1. The van der Waals surface area contributed by atoms with Crippen LogP contribution in [0.15, 0.2) is 54.3 Å². The predicted molar refractivity (Wildman–Crippen MR) is 79.0 cm³/mol. The lowest BCUT2D eigenvalue weighted by molar-refractivity contribution is 0.0963. The Balaban J connectivity index is 2.17. The lowest BCUT2D eigenvalue weighted by atomic mass is 10.2. The minimum absolute atomic E-state index is 0.120. The van der Waals surface area contributed by atoms with E-state index in [4.69, 9.17) is 0 Å². The number of para-hydroxylation sites is 1. The molecule has 3 nitrogen and oxygen atoms in total. The molecule has 0 aliphatic carbocycles. The van der Waals surface area contributed by atoms with Crippen LogP contribution in [-0.4, -0.2) is 10.9 Å². The zero-order chi connectivity index (χ0) is 13.7. The Bertz CT molecular complexity index is 602. The topological polar surface area (TPSA) is 44.9 Å². The average Bonchev–Trinajstić information content (AvgIpc) is 2.87. The van der Waals surface area contributed by atoms with Crippen LogP contribution in [0.4, 0.5) is 0 Å². The first-order valence-corrected chi connectivity index (χ1v) is 6.46. The van der Waals surface area contributed by atoms with Gasteiger partial charge in [-0.2, -0.15) is 0 Å². The number of hydrogen-bond acceptors (Lipinski definition) is 1. The van der Waals surface area contributed by atoms with E-state index in [1.807, 2.05) is 55.5 Å². The number of nitrogens with one attached hydrogen (secondary N) is 2. The van der Waals surface area contributed by atoms with Gasteiger partial charge < -0.3 is 10.3 Å². The predicted octanol–water partition coefficient (Wildman–Crippen LogP) is 3.77. The molecule has 0 spiro atoms. The number of H-pyrrole nitrogens is 1. The summed E-state index contributed by atoms with van der Waals surface area (Å²) in [7, 11) is 0. The van der Waals surface area contributed by atoms with Gasteiger partial charge in [0, 0.05) is 16.6 Å². The van der Waals surface area contributed by atoms with Crippen molar-refractivity contribution in [3.05, 3.63) is 60.0 Å². The molecule has 0 aliphatic rings. The van der Waals surface area contributed by atoms with E-state index < -0.39 is 0 Å². The summed E-state index contributed by atoms with van der Waals surface area (Å²) in [5.41, 5.74) is 2.36. The Morgan fingerprint density at radius 3 is 2.84 bits per heavy atom. The third kappa shape index (κ3) is 3.13. The van der Waals surface area contributed by atoms with E-state index in [0.717, 1.165) is 23.0 Å². The van der Waals surface area contributed by atoms with Crippen LogP contribution in [0.5, 0.6) is 0 Å². The van der Waals surface area contributed by atoms with E-state index in [-0.39, 0.29) is 5.91 Å². The average molecular weight is 254 g/mol.